The van der Waals surface area contributed by atoms with Crippen molar-refractivity contribution < 1.29 is 14.7 Å². The van der Waals surface area contributed by atoms with Gasteiger partial charge in [0, 0.05) is 20.1 Å². The number of hydrogen-bond donors (Lipinski definition) is 1. The smallest absolute Gasteiger partial charge is 0.320 e. The highest BCUT2D eigenvalue weighted by molar-refractivity contribution is 5.78. The second-order valence-corrected chi connectivity index (χ2v) is 4.77. The molecular weight excluding hydrogens is 208 g/mol. The van der Waals surface area contributed by atoms with Crippen LogP contribution in [0.15, 0.2) is 0 Å². The lowest BCUT2D eigenvalue weighted by atomic mass is 10.1. The van der Waals surface area contributed by atoms with Gasteiger partial charge in [-0.25, -0.2) is 4.79 Å². The van der Waals surface area contributed by atoms with E-state index in [0.29, 0.717) is 12.5 Å². The fourth-order valence-corrected chi connectivity index (χ4v) is 1.84. The van der Waals surface area contributed by atoms with Crippen LogP contribution >= 0.6 is 0 Å². The summed E-state index contributed by atoms with van der Waals surface area (Å²) in [5.41, 5.74) is 0. The highest BCUT2D eigenvalue weighted by Crippen LogP contribution is 2.17. The number of carbonyl (C=O) groups is 2. The zero-order chi connectivity index (χ0) is 12.3. The molecule has 5 nitrogen and oxygen atoms in total. The molecule has 1 N–H and O–H groups in total. The summed E-state index contributed by atoms with van der Waals surface area (Å²) < 4.78 is 0. The van der Waals surface area contributed by atoms with Gasteiger partial charge in [0.2, 0.25) is 0 Å². The molecule has 2 amide bonds. The van der Waals surface area contributed by atoms with Crippen molar-refractivity contribution in [1.29, 1.82) is 0 Å². The van der Waals surface area contributed by atoms with Crippen LogP contribution in [0.4, 0.5) is 4.79 Å². The molecule has 1 saturated heterocycles. The number of hydrogen-bond acceptors (Lipinski definition) is 2. The molecule has 92 valence electrons. The average Bonchev–Trinajstić information content (AvgIpc) is 2.42. The van der Waals surface area contributed by atoms with Crippen molar-refractivity contribution in [2.24, 2.45) is 5.92 Å². The minimum Gasteiger partial charge on any atom is -0.481 e. The van der Waals surface area contributed by atoms with E-state index in [2.05, 4.69) is 13.8 Å². The van der Waals surface area contributed by atoms with E-state index < -0.39 is 5.97 Å². The number of urea groups is 1. The monoisotopic (exact) mass is 228 g/mol. The topological polar surface area (TPSA) is 60.9 Å². The van der Waals surface area contributed by atoms with Gasteiger partial charge in [0.25, 0.3) is 0 Å². The van der Waals surface area contributed by atoms with Gasteiger partial charge in [0.05, 0.1) is 12.5 Å². The Labute approximate surface area is 96.0 Å². The average molecular weight is 228 g/mol. The number of carboxylic acid groups (broad SMARTS) is 1. The zero-order valence-electron chi connectivity index (χ0n) is 10.1. The second-order valence-electron chi connectivity index (χ2n) is 4.77. The van der Waals surface area contributed by atoms with Gasteiger partial charge in [0.1, 0.15) is 0 Å². The first kappa shape index (κ1) is 12.8. The standard InChI is InChI=1S/C11H20N2O3/c1-8(2)4-5-13-7-9(6-10(14)15)12(3)11(13)16/h8-9H,4-7H2,1-3H3,(H,14,15). The summed E-state index contributed by atoms with van der Waals surface area (Å²) in [7, 11) is 1.67. The van der Waals surface area contributed by atoms with E-state index in [9.17, 15) is 9.59 Å². The fraction of sp³-hybridized carbons (Fsp3) is 0.818. The molecule has 1 fully saturated rings. The summed E-state index contributed by atoms with van der Waals surface area (Å²) >= 11 is 0. The van der Waals surface area contributed by atoms with Crippen molar-refractivity contribution >= 4 is 12.0 Å². The molecule has 1 heterocycles. The number of nitrogens with zero attached hydrogens (tertiary/aromatic N) is 2. The highest BCUT2D eigenvalue weighted by Gasteiger charge is 2.35. The summed E-state index contributed by atoms with van der Waals surface area (Å²) in [6.45, 7) is 5.48. The van der Waals surface area contributed by atoms with E-state index in [1.807, 2.05) is 0 Å². The van der Waals surface area contributed by atoms with Gasteiger partial charge >= 0.3 is 12.0 Å². The number of amides is 2. The van der Waals surface area contributed by atoms with Gasteiger partial charge in [-0.1, -0.05) is 13.8 Å². The Kier molecular flexibility index (Phi) is 4.15. The molecule has 0 aromatic carbocycles. The van der Waals surface area contributed by atoms with Gasteiger partial charge in [-0.05, 0) is 12.3 Å². The van der Waals surface area contributed by atoms with Crippen LogP contribution in [0.2, 0.25) is 0 Å². The van der Waals surface area contributed by atoms with E-state index in [1.165, 1.54) is 4.90 Å². The molecule has 0 saturated carbocycles. The minimum absolute atomic E-state index is 0.0282. The van der Waals surface area contributed by atoms with Gasteiger partial charge in [-0.2, -0.15) is 0 Å². The second kappa shape index (κ2) is 5.18. The molecule has 0 aromatic heterocycles. The van der Waals surface area contributed by atoms with Crippen molar-refractivity contribution in [3.05, 3.63) is 0 Å². The molecule has 1 unspecified atom stereocenters. The van der Waals surface area contributed by atoms with Gasteiger partial charge in [0.15, 0.2) is 0 Å². The van der Waals surface area contributed by atoms with Crippen molar-refractivity contribution in [3.63, 3.8) is 0 Å². The molecular formula is C11H20N2O3. The maximum absolute atomic E-state index is 11.8. The Morgan fingerprint density at radius 3 is 2.69 bits per heavy atom. The first-order chi connectivity index (χ1) is 7.41. The summed E-state index contributed by atoms with van der Waals surface area (Å²) in [5.74, 6) is -0.299. The summed E-state index contributed by atoms with van der Waals surface area (Å²) in [6.07, 6.45) is 0.986. The SMILES string of the molecule is CC(C)CCN1CC(CC(=O)O)N(C)C1=O. The number of rotatable bonds is 5. The number of carboxylic acids is 1. The van der Waals surface area contributed by atoms with Crippen LogP contribution in [0.1, 0.15) is 26.7 Å². The van der Waals surface area contributed by atoms with Crippen molar-refractivity contribution in [3.8, 4) is 0 Å². The lowest BCUT2D eigenvalue weighted by Gasteiger charge is -2.16. The van der Waals surface area contributed by atoms with E-state index in [0.717, 1.165) is 13.0 Å². The third kappa shape index (κ3) is 3.12. The number of carbonyl (C=O) groups excluding carboxylic acids is 1. The van der Waals surface area contributed by atoms with Crippen LogP contribution in [0.25, 0.3) is 0 Å². The van der Waals surface area contributed by atoms with Crippen LogP contribution in [0, 0.1) is 5.92 Å². The molecule has 5 heteroatoms. The maximum Gasteiger partial charge on any atom is 0.320 e. The Morgan fingerprint density at radius 1 is 1.56 bits per heavy atom. The van der Waals surface area contributed by atoms with Crippen LogP contribution in [0.3, 0.4) is 0 Å². The van der Waals surface area contributed by atoms with Gasteiger partial charge in [-0.15, -0.1) is 0 Å². The van der Waals surface area contributed by atoms with Crippen LogP contribution in [-0.2, 0) is 4.79 Å². The zero-order valence-corrected chi connectivity index (χ0v) is 10.1. The van der Waals surface area contributed by atoms with Crippen LogP contribution < -0.4 is 0 Å². The Morgan fingerprint density at radius 2 is 2.19 bits per heavy atom. The summed E-state index contributed by atoms with van der Waals surface area (Å²) in [4.78, 5) is 25.7. The predicted molar refractivity (Wildman–Crippen MR) is 60.2 cm³/mol. The molecule has 16 heavy (non-hydrogen) atoms. The van der Waals surface area contributed by atoms with E-state index in [4.69, 9.17) is 5.11 Å². The van der Waals surface area contributed by atoms with Crippen molar-refractivity contribution in [1.82, 2.24) is 9.80 Å². The molecule has 0 aromatic rings. The highest BCUT2D eigenvalue weighted by atomic mass is 16.4. The third-order valence-electron chi connectivity index (χ3n) is 2.94. The van der Waals surface area contributed by atoms with Crippen molar-refractivity contribution in [2.45, 2.75) is 32.7 Å². The molecule has 0 radical (unpaired) electrons. The van der Waals surface area contributed by atoms with Crippen molar-refractivity contribution in [2.75, 3.05) is 20.1 Å². The van der Waals surface area contributed by atoms with E-state index in [-0.39, 0.29) is 18.5 Å². The minimum atomic E-state index is -0.852. The molecule has 1 rings (SSSR count). The molecule has 0 aliphatic carbocycles. The first-order valence-corrected chi connectivity index (χ1v) is 5.65. The molecule has 1 aliphatic rings. The van der Waals surface area contributed by atoms with Gasteiger partial charge < -0.3 is 14.9 Å². The van der Waals surface area contributed by atoms with E-state index in [1.54, 1.807) is 11.9 Å². The Bertz CT molecular complexity index is 278. The summed E-state index contributed by atoms with van der Waals surface area (Å²) in [5, 5.41) is 8.73. The quantitative estimate of drug-likeness (QED) is 0.770. The largest absolute Gasteiger partial charge is 0.481 e. The molecule has 0 spiro atoms. The normalized spacial score (nSPS) is 21.0. The maximum atomic E-state index is 11.8. The third-order valence-corrected chi connectivity index (χ3v) is 2.94. The van der Waals surface area contributed by atoms with Crippen LogP contribution in [-0.4, -0.2) is 53.1 Å². The number of aliphatic carboxylic acids is 1. The Balaban J connectivity index is 2.50. The molecule has 0 bridgehead atoms. The summed E-state index contributed by atoms with van der Waals surface area (Å²) in [6, 6.07) is -0.232. The lowest BCUT2D eigenvalue weighted by molar-refractivity contribution is -0.137. The number of likely N-dealkylation sites (N-methyl/N-ethyl adjacent to an activating group) is 1. The predicted octanol–water partition coefficient (Wildman–Crippen LogP) is 1.24. The van der Waals surface area contributed by atoms with Gasteiger partial charge in [-0.3, -0.25) is 4.79 Å². The Hall–Kier alpha value is -1.26. The van der Waals surface area contributed by atoms with E-state index >= 15 is 0 Å². The molecule has 1 atom stereocenters. The first-order valence-electron chi connectivity index (χ1n) is 5.65. The van der Waals surface area contributed by atoms with Crippen LogP contribution in [0.5, 0.6) is 0 Å². The fourth-order valence-electron chi connectivity index (χ4n) is 1.84. The molecule has 1 aliphatic heterocycles. The lowest BCUT2D eigenvalue weighted by Crippen LogP contribution is -2.32.